The summed E-state index contributed by atoms with van der Waals surface area (Å²) in [6.07, 6.45) is 1.85. The van der Waals surface area contributed by atoms with Crippen LogP contribution in [0.15, 0.2) is 16.7 Å². The van der Waals surface area contributed by atoms with Crippen LogP contribution in [-0.2, 0) is 4.74 Å². The molecule has 0 atom stereocenters. The van der Waals surface area contributed by atoms with Gasteiger partial charge in [-0.2, -0.15) is 0 Å². The van der Waals surface area contributed by atoms with Crippen molar-refractivity contribution in [2.45, 2.75) is 6.92 Å². The van der Waals surface area contributed by atoms with Crippen molar-refractivity contribution in [1.29, 1.82) is 0 Å². The summed E-state index contributed by atoms with van der Waals surface area (Å²) in [5.41, 5.74) is 1.20. The van der Waals surface area contributed by atoms with Crippen LogP contribution in [0.3, 0.4) is 0 Å². The van der Waals surface area contributed by atoms with Gasteiger partial charge in [0.15, 0.2) is 0 Å². The van der Waals surface area contributed by atoms with E-state index in [1.807, 2.05) is 6.20 Å². The van der Waals surface area contributed by atoms with Crippen LogP contribution in [-0.4, -0.2) is 56.3 Å². The van der Waals surface area contributed by atoms with Crippen LogP contribution in [0.4, 0.5) is 5.82 Å². The van der Waals surface area contributed by atoms with E-state index in [-0.39, 0.29) is 0 Å². The van der Waals surface area contributed by atoms with Crippen molar-refractivity contribution < 1.29 is 4.74 Å². The number of likely N-dealkylation sites (N-methyl/N-ethyl adjacent to an activating group) is 1. The lowest BCUT2D eigenvalue weighted by Crippen LogP contribution is -2.40. The molecule has 0 unspecified atom stereocenters. The van der Waals surface area contributed by atoms with Crippen molar-refractivity contribution >= 4 is 21.7 Å². The van der Waals surface area contributed by atoms with E-state index in [2.05, 4.69) is 50.8 Å². The minimum absolute atomic E-state index is 0.860. The Morgan fingerprint density at radius 1 is 1.44 bits per heavy atom. The molecule has 4 nitrogen and oxygen atoms in total. The molecule has 1 aliphatic rings. The number of hydrogen-bond donors (Lipinski definition) is 0. The molecular formula is C13H20BrN3O. The largest absolute Gasteiger partial charge is 0.379 e. The van der Waals surface area contributed by atoms with E-state index < -0.39 is 0 Å². The monoisotopic (exact) mass is 313 g/mol. The summed E-state index contributed by atoms with van der Waals surface area (Å²) in [5.74, 6) is 1.06. The van der Waals surface area contributed by atoms with Crippen LogP contribution in [0, 0.1) is 6.92 Å². The molecule has 2 heterocycles. The number of aromatic nitrogens is 1. The SMILES string of the molecule is Cc1cc(Br)cnc1N(C)CCN1CCOCC1. The van der Waals surface area contributed by atoms with Gasteiger partial charge in [0, 0.05) is 43.9 Å². The minimum atomic E-state index is 0.860. The van der Waals surface area contributed by atoms with Gasteiger partial charge in [0.25, 0.3) is 0 Å². The predicted molar refractivity (Wildman–Crippen MR) is 77.2 cm³/mol. The molecule has 1 aromatic heterocycles. The van der Waals surface area contributed by atoms with Crippen LogP contribution >= 0.6 is 15.9 Å². The summed E-state index contributed by atoms with van der Waals surface area (Å²) >= 11 is 3.44. The van der Waals surface area contributed by atoms with Crippen LogP contribution in [0.1, 0.15) is 5.56 Å². The fourth-order valence-electron chi connectivity index (χ4n) is 2.15. The Bertz CT molecular complexity index is 394. The Morgan fingerprint density at radius 3 is 2.83 bits per heavy atom. The standard InChI is InChI=1S/C13H20BrN3O/c1-11-9-12(14)10-15-13(11)16(2)3-4-17-5-7-18-8-6-17/h9-10H,3-8H2,1-2H3. The first-order valence-electron chi connectivity index (χ1n) is 6.30. The number of hydrogen-bond acceptors (Lipinski definition) is 4. The first kappa shape index (κ1) is 13.8. The Labute approximate surface area is 117 Å². The highest BCUT2D eigenvalue weighted by atomic mass is 79.9. The third-order valence-corrected chi connectivity index (χ3v) is 3.67. The summed E-state index contributed by atoms with van der Waals surface area (Å²) in [5, 5.41) is 0. The van der Waals surface area contributed by atoms with Crippen molar-refractivity contribution in [3.05, 3.63) is 22.3 Å². The topological polar surface area (TPSA) is 28.6 Å². The average Bonchev–Trinajstić information content (AvgIpc) is 2.37. The highest BCUT2D eigenvalue weighted by Crippen LogP contribution is 2.19. The quantitative estimate of drug-likeness (QED) is 0.849. The maximum atomic E-state index is 5.35. The molecule has 2 rings (SSSR count). The molecule has 18 heavy (non-hydrogen) atoms. The summed E-state index contributed by atoms with van der Waals surface area (Å²) in [4.78, 5) is 9.14. The lowest BCUT2D eigenvalue weighted by atomic mass is 10.2. The number of nitrogens with zero attached hydrogens (tertiary/aromatic N) is 3. The molecule has 1 aromatic rings. The number of pyridine rings is 1. The third-order valence-electron chi connectivity index (χ3n) is 3.23. The summed E-state index contributed by atoms with van der Waals surface area (Å²) in [6, 6.07) is 2.10. The van der Waals surface area contributed by atoms with Crippen LogP contribution in [0.5, 0.6) is 0 Å². The smallest absolute Gasteiger partial charge is 0.131 e. The number of rotatable bonds is 4. The molecule has 5 heteroatoms. The first-order valence-corrected chi connectivity index (χ1v) is 7.09. The molecule has 0 spiro atoms. The second kappa shape index (κ2) is 6.50. The zero-order valence-electron chi connectivity index (χ0n) is 11.0. The number of aryl methyl sites for hydroxylation is 1. The Kier molecular flexibility index (Phi) is 4.97. The molecule has 1 aliphatic heterocycles. The molecule has 1 fully saturated rings. The molecule has 0 amide bonds. The molecule has 0 aliphatic carbocycles. The Balaban J connectivity index is 1.88. The van der Waals surface area contributed by atoms with Gasteiger partial charge in [-0.05, 0) is 34.5 Å². The minimum Gasteiger partial charge on any atom is -0.379 e. The zero-order chi connectivity index (χ0) is 13.0. The van der Waals surface area contributed by atoms with Crippen molar-refractivity contribution in [3.8, 4) is 0 Å². The maximum absolute atomic E-state index is 5.35. The number of ether oxygens (including phenoxy) is 1. The van der Waals surface area contributed by atoms with Crippen molar-refractivity contribution in [1.82, 2.24) is 9.88 Å². The van der Waals surface area contributed by atoms with Crippen molar-refractivity contribution in [2.24, 2.45) is 0 Å². The van der Waals surface area contributed by atoms with Crippen LogP contribution in [0.25, 0.3) is 0 Å². The van der Waals surface area contributed by atoms with E-state index in [4.69, 9.17) is 4.74 Å². The molecule has 0 N–H and O–H groups in total. The van der Waals surface area contributed by atoms with E-state index >= 15 is 0 Å². The van der Waals surface area contributed by atoms with Gasteiger partial charge in [-0.3, -0.25) is 4.90 Å². The maximum Gasteiger partial charge on any atom is 0.131 e. The highest BCUT2D eigenvalue weighted by Gasteiger charge is 2.12. The van der Waals surface area contributed by atoms with Gasteiger partial charge in [-0.25, -0.2) is 4.98 Å². The third kappa shape index (κ3) is 3.67. The Morgan fingerprint density at radius 2 is 2.17 bits per heavy atom. The molecule has 0 saturated carbocycles. The Hall–Kier alpha value is -0.650. The van der Waals surface area contributed by atoms with E-state index in [1.165, 1.54) is 5.56 Å². The molecule has 1 saturated heterocycles. The van der Waals surface area contributed by atoms with Crippen molar-refractivity contribution in [2.75, 3.05) is 51.3 Å². The van der Waals surface area contributed by atoms with Gasteiger partial charge in [-0.15, -0.1) is 0 Å². The summed E-state index contributed by atoms with van der Waals surface area (Å²) < 4.78 is 6.38. The molecule has 100 valence electrons. The fraction of sp³-hybridized carbons (Fsp3) is 0.615. The van der Waals surface area contributed by atoms with E-state index in [0.29, 0.717) is 0 Å². The second-order valence-electron chi connectivity index (χ2n) is 4.67. The van der Waals surface area contributed by atoms with Gasteiger partial charge in [0.2, 0.25) is 0 Å². The van der Waals surface area contributed by atoms with Gasteiger partial charge < -0.3 is 9.64 Å². The van der Waals surface area contributed by atoms with E-state index in [1.54, 1.807) is 0 Å². The number of anilines is 1. The van der Waals surface area contributed by atoms with Gasteiger partial charge in [0.05, 0.1) is 13.2 Å². The van der Waals surface area contributed by atoms with Gasteiger partial charge in [-0.1, -0.05) is 0 Å². The summed E-state index contributed by atoms with van der Waals surface area (Å²) in [7, 11) is 2.10. The van der Waals surface area contributed by atoms with Crippen LogP contribution in [0.2, 0.25) is 0 Å². The van der Waals surface area contributed by atoms with Gasteiger partial charge in [0.1, 0.15) is 5.82 Å². The number of morpholine rings is 1. The van der Waals surface area contributed by atoms with Crippen LogP contribution < -0.4 is 4.90 Å². The first-order chi connectivity index (χ1) is 8.66. The highest BCUT2D eigenvalue weighted by molar-refractivity contribution is 9.10. The predicted octanol–water partition coefficient (Wildman–Crippen LogP) is 1.92. The lowest BCUT2D eigenvalue weighted by Gasteiger charge is -2.29. The molecule has 0 radical (unpaired) electrons. The van der Waals surface area contributed by atoms with E-state index in [9.17, 15) is 0 Å². The molecular weight excluding hydrogens is 294 g/mol. The zero-order valence-corrected chi connectivity index (χ0v) is 12.6. The van der Waals surface area contributed by atoms with Crippen molar-refractivity contribution in [3.63, 3.8) is 0 Å². The van der Waals surface area contributed by atoms with Gasteiger partial charge >= 0.3 is 0 Å². The van der Waals surface area contributed by atoms with E-state index in [0.717, 1.165) is 49.7 Å². The lowest BCUT2D eigenvalue weighted by molar-refractivity contribution is 0.0392. The fourth-order valence-corrected chi connectivity index (χ4v) is 2.60. The number of halogens is 1. The molecule has 0 bridgehead atoms. The molecule has 0 aromatic carbocycles. The summed E-state index contributed by atoms with van der Waals surface area (Å²) in [6.45, 7) is 7.96. The second-order valence-corrected chi connectivity index (χ2v) is 5.59. The normalized spacial score (nSPS) is 16.8. The average molecular weight is 314 g/mol.